The summed E-state index contributed by atoms with van der Waals surface area (Å²) in [6.45, 7) is 0. The van der Waals surface area contributed by atoms with Gasteiger partial charge in [-0.15, -0.1) is 0 Å². The zero-order chi connectivity index (χ0) is 23.2. The summed E-state index contributed by atoms with van der Waals surface area (Å²) in [5, 5.41) is 0. The highest BCUT2D eigenvalue weighted by molar-refractivity contribution is 9.29. The standard InChI is InChI=1S/C12H16Br2N5O9P3/c13-12(14,30(22,23)24)31(25,26)28-29(20,21)6-27-8-2-1-7(3-8)19-5-18-9-10(15)16-4-17-11(9)19/h1-2,4-5,7-8H,3,6H2,(H,20,21)(H,25,26)(H2,15,16,17)(H2,22,23,24)/p-1/t7-,8+/m0/s1. The molecule has 2 heterocycles. The number of nitrogens with zero attached hydrogens (tertiary/aromatic N) is 4. The molecule has 2 aromatic rings. The van der Waals surface area contributed by atoms with Gasteiger partial charge in [-0.2, -0.15) is 0 Å². The SMILES string of the molecule is Nc1ncnc2c1ncn2[C@H]1C=C[C@@H](OCP(=O)(O)OP(=O)(O)C(Br)(Br)[P+]([O-])([O-])O)C1. The van der Waals surface area contributed by atoms with Gasteiger partial charge in [-0.05, 0) is 31.9 Å². The van der Waals surface area contributed by atoms with Crippen molar-refractivity contribution in [3.05, 3.63) is 24.8 Å². The van der Waals surface area contributed by atoms with Crippen LogP contribution in [-0.2, 0) is 18.2 Å². The molecule has 172 valence electrons. The molecule has 0 saturated carbocycles. The predicted molar refractivity (Wildman–Crippen MR) is 113 cm³/mol. The number of hydrogen-bond acceptors (Lipinski definition) is 11. The van der Waals surface area contributed by atoms with Crippen molar-refractivity contribution in [2.24, 2.45) is 0 Å². The van der Waals surface area contributed by atoms with Crippen molar-refractivity contribution in [3.63, 3.8) is 0 Å². The van der Waals surface area contributed by atoms with Gasteiger partial charge in [0.25, 0.3) is 0 Å². The Balaban J connectivity index is 1.63. The Hall–Kier alpha value is -0.340. The molecular weight excluding hydrogens is 611 g/mol. The second-order valence-electron chi connectivity index (χ2n) is 6.37. The van der Waals surface area contributed by atoms with E-state index >= 15 is 0 Å². The highest BCUT2D eigenvalue weighted by atomic mass is 79.9. The van der Waals surface area contributed by atoms with Crippen LogP contribution in [0.25, 0.3) is 11.2 Å². The second kappa shape index (κ2) is 8.79. The first-order valence-electron chi connectivity index (χ1n) is 8.15. The predicted octanol–water partition coefficient (Wildman–Crippen LogP) is 0.516. The van der Waals surface area contributed by atoms with Gasteiger partial charge in [0.05, 0.1) is 26.4 Å². The zero-order valence-electron chi connectivity index (χ0n) is 15.1. The van der Waals surface area contributed by atoms with Crippen LogP contribution in [0.3, 0.4) is 0 Å². The van der Waals surface area contributed by atoms with E-state index in [0.717, 1.165) is 0 Å². The molecule has 3 rings (SSSR count). The maximum atomic E-state index is 12.2. The summed E-state index contributed by atoms with van der Waals surface area (Å²) in [6, 6.07) is -0.272. The lowest BCUT2D eigenvalue weighted by atomic mass is 10.2. The number of nitrogens with two attached hydrogens (primary N) is 1. The molecule has 0 aromatic carbocycles. The number of ether oxygens (including phenoxy) is 1. The molecule has 0 fully saturated rings. The van der Waals surface area contributed by atoms with Gasteiger partial charge in [-0.1, -0.05) is 12.2 Å². The fraction of sp³-hybridized carbons (Fsp3) is 0.417. The molecule has 0 radical (unpaired) electrons. The topological polar surface area (TPSA) is 229 Å². The number of rotatable bonds is 8. The summed E-state index contributed by atoms with van der Waals surface area (Å²) in [5.41, 5.74) is 6.65. The first-order valence-corrected chi connectivity index (χ1v) is 14.7. The molecule has 1 aliphatic carbocycles. The Bertz CT molecular complexity index is 1110. The van der Waals surface area contributed by atoms with Gasteiger partial charge < -0.3 is 34.6 Å². The number of aromatic nitrogens is 4. The minimum atomic E-state index is -5.54. The first kappa shape index (κ1) is 25.3. The summed E-state index contributed by atoms with van der Waals surface area (Å²) in [5.74, 6) is 0.213. The largest absolute Gasteiger partial charge is 0.657 e. The Kier molecular flexibility index (Phi) is 7.17. The lowest BCUT2D eigenvalue weighted by Gasteiger charge is -2.39. The number of fused-ring (bicyclic) bond motifs is 1. The highest BCUT2D eigenvalue weighted by Crippen LogP contribution is 2.81. The highest BCUT2D eigenvalue weighted by Gasteiger charge is 2.59. The van der Waals surface area contributed by atoms with Crippen LogP contribution in [0.2, 0.25) is 0 Å². The van der Waals surface area contributed by atoms with Crippen molar-refractivity contribution in [3.8, 4) is 0 Å². The van der Waals surface area contributed by atoms with Gasteiger partial charge in [0, 0.05) is 6.42 Å². The molecule has 0 spiro atoms. The van der Waals surface area contributed by atoms with Crippen molar-refractivity contribution >= 4 is 72.0 Å². The molecule has 14 nitrogen and oxygen atoms in total. The Morgan fingerprint density at radius 1 is 1.29 bits per heavy atom. The van der Waals surface area contributed by atoms with Crippen LogP contribution in [0.15, 0.2) is 24.8 Å². The molecule has 1 aliphatic rings. The van der Waals surface area contributed by atoms with E-state index in [1.54, 1.807) is 16.7 Å². The molecule has 2 unspecified atom stereocenters. The summed E-state index contributed by atoms with van der Waals surface area (Å²) in [6.07, 6.45) is 4.74. The number of imidazole rings is 1. The van der Waals surface area contributed by atoms with Crippen LogP contribution in [-0.4, -0.2) is 49.4 Å². The van der Waals surface area contributed by atoms with Gasteiger partial charge in [-0.3, -0.25) is 14.0 Å². The fourth-order valence-corrected chi connectivity index (χ4v) is 7.80. The third-order valence-electron chi connectivity index (χ3n) is 4.14. The van der Waals surface area contributed by atoms with Crippen LogP contribution in [0.4, 0.5) is 5.82 Å². The molecule has 0 bridgehead atoms. The first-order chi connectivity index (χ1) is 14.1. The molecule has 0 aliphatic heterocycles. The van der Waals surface area contributed by atoms with Crippen molar-refractivity contribution in [2.75, 3.05) is 12.1 Å². The van der Waals surface area contributed by atoms with E-state index in [-0.39, 0.29) is 11.9 Å². The number of hydrogen-bond donors (Lipinski definition) is 4. The van der Waals surface area contributed by atoms with Crippen LogP contribution in [0.5, 0.6) is 0 Å². The van der Waals surface area contributed by atoms with E-state index < -0.39 is 38.3 Å². The third-order valence-corrected chi connectivity index (χ3v) is 14.8. The second-order valence-corrected chi connectivity index (χ2v) is 18.2. The van der Waals surface area contributed by atoms with Gasteiger partial charge in [0.1, 0.15) is 18.2 Å². The normalized spacial score (nSPS) is 23.7. The van der Waals surface area contributed by atoms with Crippen LogP contribution >= 0.6 is 55.0 Å². The minimum Gasteiger partial charge on any atom is -0.657 e. The molecule has 5 N–H and O–H groups in total. The van der Waals surface area contributed by atoms with E-state index in [9.17, 15) is 28.7 Å². The minimum absolute atomic E-state index is 0.213. The van der Waals surface area contributed by atoms with E-state index in [4.69, 9.17) is 15.4 Å². The zero-order valence-corrected chi connectivity index (χ0v) is 21.0. The molecule has 0 saturated heterocycles. The number of halogens is 2. The van der Waals surface area contributed by atoms with E-state index in [1.165, 1.54) is 12.7 Å². The third kappa shape index (κ3) is 5.26. The average molecular weight is 626 g/mol. The fourth-order valence-electron chi connectivity index (χ4n) is 2.69. The number of allylic oxidation sites excluding steroid dienone is 1. The smallest absolute Gasteiger partial charge is 0.402 e. The number of nitrogen functional groups attached to an aromatic ring is 1. The monoisotopic (exact) mass is 624 g/mol. The van der Waals surface area contributed by atoms with Crippen LogP contribution in [0.1, 0.15) is 12.5 Å². The molecule has 19 heteroatoms. The molecule has 2 aromatic heterocycles. The van der Waals surface area contributed by atoms with Crippen molar-refractivity contribution < 1.29 is 42.6 Å². The Morgan fingerprint density at radius 3 is 2.61 bits per heavy atom. The molecule has 0 amide bonds. The summed E-state index contributed by atoms with van der Waals surface area (Å²) in [4.78, 5) is 63.3. The summed E-state index contributed by atoms with van der Waals surface area (Å²) in [7, 11) is -15.9. The maximum Gasteiger partial charge on any atom is 0.402 e. The van der Waals surface area contributed by atoms with Gasteiger partial charge in [0.15, 0.2) is 11.5 Å². The van der Waals surface area contributed by atoms with Crippen LogP contribution in [0, 0.1) is 0 Å². The van der Waals surface area contributed by atoms with E-state index in [2.05, 4.69) is 51.1 Å². The lowest BCUT2D eigenvalue weighted by Crippen LogP contribution is -2.35. The number of anilines is 1. The molecule has 4 atom stereocenters. The van der Waals surface area contributed by atoms with Crippen molar-refractivity contribution in [2.45, 2.75) is 21.3 Å². The van der Waals surface area contributed by atoms with E-state index in [1.807, 2.05) is 0 Å². The Labute approximate surface area is 192 Å². The van der Waals surface area contributed by atoms with Crippen LogP contribution < -0.4 is 15.5 Å². The quantitative estimate of drug-likeness (QED) is 0.178. The summed E-state index contributed by atoms with van der Waals surface area (Å²) >= 11 is 4.58. The average Bonchev–Trinajstić information content (AvgIpc) is 3.25. The number of alkyl halides is 2. The lowest BCUT2D eigenvalue weighted by molar-refractivity contribution is -0.331. The maximum absolute atomic E-state index is 12.2. The summed E-state index contributed by atoms with van der Waals surface area (Å²) < 4.78 is 32.5. The molecular formula is C12H15Br2N5O9P3-. The van der Waals surface area contributed by atoms with Gasteiger partial charge >= 0.3 is 17.9 Å². The van der Waals surface area contributed by atoms with Gasteiger partial charge in [-0.25, -0.2) is 19.3 Å². The van der Waals surface area contributed by atoms with Crippen molar-refractivity contribution in [1.29, 1.82) is 0 Å². The Morgan fingerprint density at radius 2 is 1.97 bits per heavy atom. The van der Waals surface area contributed by atoms with Gasteiger partial charge in [0.2, 0.25) is 0 Å². The van der Waals surface area contributed by atoms with Crippen molar-refractivity contribution in [1.82, 2.24) is 19.5 Å². The van der Waals surface area contributed by atoms with E-state index in [0.29, 0.717) is 17.6 Å². The molecule has 31 heavy (non-hydrogen) atoms.